The van der Waals surface area contributed by atoms with Gasteiger partial charge >= 0.3 is 0 Å². The molecule has 3 aromatic rings. The zero-order chi connectivity index (χ0) is 24.9. The van der Waals surface area contributed by atoms with Crippen LogP contribution < -0.4 is 20.7 Å². The van der Waals surface area contributed by atoms with Gasteiger partial charge < -0.3 is 25.6 Å². The van der Waals surface area contributed by atoms with Crippen molar-refractivity contribution in [2.75, 3.05) is 29.6 Å². The first-order chi connectivity index (χ1) is 16.9. The summed E-state index contributed by atoms with van der Waals surface area (Å²) in [5.74, 6) is 1.48. The molecule has 9 nitrogen and oxygen atoms in total. The maximum atomic E-state index is 11.8. The molecule has 0 fully saturated rings. The number of hydrogen-bond acceptors (Lipinski definition) is 7. The SMILES string of the molecule is C=CC(=O)Nc1cccc(Nc2nc(Nc3cc4c(cc3OC)CN(C(C)=O)CC4)ncc2C)c1. The van der Waals surface area contributed by atoms with E-state index >= 15 is 0 Å². The zero-order valence-corrected chi connectivity index (χ0v) is 20.0. The molecular weight excluding hydrogens is 444 g/mol. The molecule has 0 saturated heterocycles. The van der Waals surface area contributed by atoms with Gasteiger partial charge in [0, 0.05) is 43.1 Å². The van der Waals surface area contributed by atoms with Crippen molar-refractivity contribution in [1.82, 2.24) is 14.9 Å². The lowest BCUT2D eigenvalue weighted by atomic mass is 9.98. The van der Waals surface area contributed by atoms with E-state index in [-0.39, 0.29) is 11.8 Å². The summed E-state index contributed by atoms with van der Waals surface area (Å²) in [5, 5.41) is 9.30. The van der Waals surface area contributed by atoms with Gasteiger partial charge in [0.15, 0.2) is 0 Å². The van der Waals surface area contributed by atoms with Gasteiger partial charge in [-0.2, -0.15) is 4.98 Å². The highest BCUT2D eigenvalue weighted by molar-refractivity contribution is 5.99. The summed E-state index contributed by atoms with van der Waals surface area (Å²) in [6.07, 6.45) is 3.73. The van der Waals surface area contributed by atoms with E-state index in [1.807, 2.05) is 42.2 Å². The van der Waals surface area contributed by atoms with Gasteiger partial charge in [-0.15, -0.1) is 0 Å². The predicted octanol–water partition coefficient (Wildman–Crippen LogP) is 4.31. The fourth-order valence-corrected chi connectivity index (χ4v) is 3.88. The Balaban J connectivity index is 1.56. The average molecular weight is 473 g/mol. The lowest BCUT2D eigenvalue weighted by molar-refractivity contribution is -0.129. The standard InChI is InChI=1S/C26H28N6O3/c1-5-24(34)28-20-7-6-8-21(13-20)29-25-16(2)14-27-26(31-25)30-22-11-18-9-10-32(17(3)33)15-19(18)12-23(22)35-4/h5-8,11-14H,1,9-10,15H2,2-4H3,(H,28,34)(H2,27,29,30,31). The van der Waals surface area contributed by atoms with E-state index in [1.54, 1.807) is 26.3 Å². The number of aromatic nitrogens is 2. The van der Waals surface area contributed by atoms with E-state index in [0.717, 1.165) is 34.5 Å². The summed E-state index contributed by atoms with van der Waals surface area (Å²) in [7, 11) is 1.61. The number of nitrogens with zero attached hydrogens (tertiary/aromatic N) is 3. The first-order valence-electron chi connectivity index (χ1n) is 11.2. The highest BCUT2D eigenvalue weighted by Crippen LogP contribution is 2.33. The number of aryl methyl sites for hydroxylation is 1. The Kier molecular flexibility index (Phi) is 6.96. The number of amides is 2. The molecule has 0 radical (unpaired) electrons. The van der Waals surface area contributed by atoms with E-state index in [9.17, 15) is 9.59 Å². The van der Waals surface area contributed by atoms with Crippen LogP contribution in [0.3, 0.4) is 0 Å². The van der Waals surface area contributed by atoms with Crippen molar-refractivity contribution in [2.45, 2.75) is 26.8 Å². The van der Waals surface area contributed by atoms with Gasteiger partial charge in [-0.3, -0.25) is 9.59 Å². The molecule has 0 unspecified atom stereocenters. The van der Waals surface area contributed by atoms with Gasteiger partial charge in [-0.1, -0.05) is 12.6 Å². The van der Waals surface area contributed by atoms with Crippen LogP contribution in [-0.2, 0) is 22.6 Å². The van der Waals surface area contributed by atoms with Gasteiger partial charge in [-0.25, -0.2) is 4.98 Å². The summed E-state index contributed by atoms with van der Waals surface area (Å²) in [4.78, 5) is 34.3. The van der Waals surface area contributed by atoms with Gasteiger partial charge in [0.1, 0.15) is 11.6 Å². The number of hydrogen-bond donors (Lipinski definition) is 3. The van der Waals surface area contributed by atoms with E-state index in [2.05, 4.69) is 32.5 Å². The minimum Gasteiger partial charge on any atom is -0.495 e. The van der Waals surface area contributed by atoms with E-state index in [4.69, 9.17) is 4.74 Å². The molecule has 2 amide bonds. The fourth-order valence-electron chi connectivity index (χ4n) is 3.88. The Morgan fingerprint density at radius 3 is 2.69 bits per heavy atom. The number of anilines is 5. The molecule has 0 spiro atoms. The van der Waals surface area contributed by atoms with Crippen molar-refractivity contribution in [2.24, 2.45) is 0 Å². The van der Waals surface area contributed by atoms with E-state index in [0.29, 0.717) is 36.3 Å². The molecule has 4 rings (SSSR count). The first-order valence-corrected chi connectivity index (χ1v) is 11.2. The van der Waals surface area contributed by atoms with E-state index in [1.165, 1.54) is 6.08 Å². The second kappa shape index (κ2) is 10.3. The van der Waals surface area contributed by atoms with Crippen LogP contribution in [0.25, 0.3) is 0 Å². The van der Waals surface area contributed by atoms with Gasteiger partial charge in [0.2, 0.25) is 17.8 Å². The second-order valence-corrected chi connectivity index (χ2v) is 8.26. The highest BCUT2D eigenvalue weighted by atomic mass is 16.5. The summed E-state index contributed by atoms with van der Waals surface area (Å²) in [6.45, 7) is 8.24. The molecule has 0 atom stereocenters. The van der Waals surface area contributed by atoms with Crippen LogP contribution in [0.4, 0.5) is 28.8 Å². The fraction of sp³-hybridized carbons (Fsp3) is 0.231. The number of ether oxygens (including phenoxy) is 1. The Hall–Kier alpha value is -4.40. The number of benzene rings is 2. The van der Waals surface area contributed by atoms with Crippen LogP contribution in [0.5, 0.6) is 5.75 Å². The Morgan fingerprint density at radius 1 is 1.14 bits per heavy atom. The molecule has 0 bridgehead atoms. The molecule has 1 aliphatic heterocycles. The maximum Gasteiger partial charge on any atom is 0.247 e. The quantitative estimate of drug-likeness (QED) is 0.440. The number of methoxy groups -OCH3 is 1. The van der Waals surface area contributed by atoms with Crippen LogP contribution in [0.2, 0.25) is 0 Å². The molecular formula is C26H28N6O3. The van der Waals surface area contributed by atoms with Crippen molar-refractivity contribution in [1.29, 1.82) is 0 Å². The largest absolute Gasteiger partial charge is 0.495 e. The minimum absolute atomic E-state index is 0.0681. The van der Waals surface area contributed by atoms with Crippen molar-refractivity contribution in [3.63, 3.8) is 0 Å². The third-order valence-corrected chi connectivity index (χ3v) is 5.78. The Labute approximate surface area is 204 Å². The average Bonchev–Trinajstić information content (AvgIpc) is 2.85. The summed E-state index contributed by atoms with van der Waals surface area (Å²) >= 11 is 0. The molecule has 35 heavy (non-hydrogen) atoms. The third kappa shape index (κ3) is 5.57. The monoisotopic (exact) mass is 472 g/mol. The number of fused-ring (bicyclic) bond motifs is 1. The van der Waals surface area contributed by atoms with Crippen LogP contribution in [0.15, 0.2) is 55.3 Å². The lowest BCUT2D eigenvalue weighted by Gasteiger charge is -2.29. The van der Waals surface area contributed by atoms with E-state index < -0.39 is 0 Å². The number of carbonyl (C=O) groups is 2. The van der Waals surface area contributed by atoms with Crippen molar-refractivity contribution in [3.05, 3.63) is 71.9 Å². The molecule has 2 aromatic carbocycles. The molecule has 180 valence electrons. The second-order valence-electron chi connectivity index (χ2n) is 8.26. The summed E-state index contributed by atoms with van der Waals surface area (Å²) < 4.78 is 5.60. The summed E-state index contributed by atoms with van der Waals surface area (Å²) in [6, 6.07) is 11.3. The molecule has 1 aromatic heterocycles. The Bertz CT molecular complexity index is 1290. The maximum absolute atomic E-state index is 11.8. The first kappa shape index (κ1) is 23.7. The zero-order valence-electron chi connectivity index (χ0n) is 20.0. The lowest BCUT2D eigenvalue weighted by Crippen LogP contribution is -2.34. The van der Waals surface area contributed by atoms with Gasteiger partial charge in [0.05, 0.1) is 12.8 Å². The summed E-state index contributed by atoms with van der Waals surface area (Å²) in [5.41, 5.74) is 5.26. The molecule has 9 heteroatoms. The minimum atomic E-state index is -0.278. The third-order valence-electron chi connectivity index (χ3n) is 5.78. The number of nitrogens with one attached hydrogen (secondary N) is 3. The molecule has 2 heterocycles. The topological polar surface area (TPSA) is 108 Å². The molecule has 3 N–H and O–H groups in total. The van der Waals surface area contributed by atoms with Crippen LogP contribution in [0.1, 0.15) is 23.6 Å². The van der Waals surface area contributed by atoms with Gasteiger partial charge in [-0.05, 0) is 60.9 Å². The number of rotatable bonds is 7. The Morgan fingerprint density at radius 2 is 1.94 bits per heavy atom. The predicted molar refractivity (Wildman–Crippen MR) is 136 cm³/mol. The normalized spacial score (nSPS) is 12.4. The van der Waals surface area contributed by atoms with Crippen molar-refractivity contribution >= 4 is 40.6 Å². The van der Waals surface area contributed by atoms with Crippen molar-refractivity contribution < 1.29 is 14.3 Å². The van der Waals surface area contributed by atoms with Crippen LogP contribution >= 0.6 is 0 Å². The molecule has 0 aliphatic carbocycles. The van der Waals surface area contributed by atoms with Crippen molar-refractivity contribution in [3.8, 4) is 5.75 Å². The van der Waals surface area contributed by atoms with Crippen LogP contribution in [-0.4, -0.2) is 40.3 Å². The smallest absolute Gasteiger partial charge is 0.247 e. The number of carbonyl (C=O) groups excluding carboxylic acids is 2. The van der Waals surface area contributed by atoms with Gasteiger partial charge in [0.25, 0.3) is 0 Å². The molecule has 0 saturated carbocycles. The molecule has 1 aliphatic rings. The highest BCUT2D eigenvalue weighted by Gasteiger charge is 2.21. The van der Waals surface area contributed by atoms with Crippen LogP contribution in [0, 0.1) is 6.92 Å².